The molecule has 0 fully saturated rings. The first-order valence-electron chi connectivity index (χ1n) is 15.2. The predicted octanol–water partition coefficient (Wildman–Crippen LogP) is 5.13. The van der Waals surface area contributed by atoms with Gasteiger partial charge in [0.15, 0.2) is 0 Å². The highest BCUT2D eigenvalue weighted by Crippen LogP contribution is 2.44. The molecule has 2 aromatic carbocycles. The minimum atomic E-state index is -0.820. The first-order valence-corrected chi connectivity index (χ1v) is 15.2. The Hall–Kier alpha value is -4.93. The Morgan fingerprint density at radius 3 is 2.56 bits per heavy atom. The second-order valence-corrected chi connectivity index (χ2v) is 10.9. The summed E-state index contributed by atoms with van der Waals surface area (Å²) in [6.45, 7) is 2.39. The molecule has 1 aromatic heterocycles. The molecule has 4 rings (SSSR count). The van der Waals surface area contributed by atoms with Crippen molar-refractivity contribution >= 4 is 29.7 Å². The largest absolute Gasteiger partial charge is 0.507 e. The van der Waals surface area contributed by atoms with Gasteiger partial charge in [0, 0.05) is 56.2 Å². The van der Waals surface area contributed by atoms with Gasteiger partial charge in [0.2, 0.25) is 11.9 Å². The molecule has 3 aromatic rings. The van der Waals surface area contributed by atoms with Gasteiger partial charge in [-0.2, -0.15) is 0 Å². The molecule has 0 spiro atoms. The quantitative estimate of drug-likeness (QED) is 0.187. The lowest BCUT2D eigenvalue weighted by Gasteiger charge is -2.23. The number of esters is 1. The summed E-state index contributed by atoms with van der Waals surface area (Å²) in [4.78, 5) is 47.0. The minimum Gasteiger partial charge on any atom is -0.507 e. The number of rotatable bonds is 9. The van der Waals surface area contributed by atoms with Crippen molar-refractivity contribution in [2.75, 3.05) is 25.5 Å². The standard InChI is InChI=1S/C34H40N4O7/c1-22-8-6-11-25(39)10-5-3-4-9-24-20-28(40)31(32(42)30(24)33(43)45-22)27(23-12-14-26(44-2)15-13-23)21-29(41)35-18-19-38-34-36-16-7-17-37-34/h4,7,9,12-17,20,22,27,40,42H,3,5-6,8,10-11,18-19,21H2,1-2H3,(H,35,41)(H,36,37,38). The molecule has 0 saturated heterocycles. The molecule has 1 aliphatic rings. The third-order valence-corrected chi connectivity index (χ3v) is 7.60. The summed E-state index contributed by atoms with van der Waals surface area (Å²) in [5.41, 5.74) is 0.844. The number of methoxy groups -OCH3 is 1. The summed E-state index contributed by atoms with van der Waals surface area (Å²) in [7, 11) is 1.54. The van der Waals surface area contributed by atoms with Crippen LogP contribution in [-0.4, -0.2) is 64.1 Å². The number of Topliss-reactive ketones (excluding diaryl/α,β-unsaturated/α-hetero) is 1. The van der Waals surface area contributed by atoms with Gasteiger partial charge in [-0.1, -0.05) is 24.3 Å². The van der Waals surface area contributed by atoms with E-state index in [1.54, 1.807) is 61.8 Å². The van der Waals surface area contributed by atoms with Gasteiger partial charge >= 0.3 is 5.97 Å². The van der Waals surface area contributed by atoms with E-state index >= 15 is 0 Å². The monoisotopic (exact) mass is 616 g/mol. The van der Waals surface area contributed by atoms with Crippen molar-refractivity contribution < 1.29 is 34.1 Å². The van der Waals surface area contributed by atoms with Gasteiger partial charge in [0.25, 0.3) is 0 Å². The van der Waals surface area contributed by atoms with Gasteiger partial charge in [-0.3, -0.25) is 9.59 Å². The number of nitrogens with zero attached hydrogens (tertiary/aromatic N) is 2. The second-order valence-electron chi connectivity index (χ2n) is 10.9. The molecule has 45 heavy (non-hydrogen) atoms. The summed E-state index contributed by atoms with van der Waals surface area (Å²) in [6, 6.07) is 10.0. The Labute approximate surface area is 262 Å². The van der Waals surface area contributed by atoms with Crippen LogP contribution in [0.4, 0.5) is 5.95 Å². The number of aromatic hydroxyl groups is 2. The van der Waals surface area contributed by atoms with E-state index in [1.807, 2.05) is 0 Å². The molecule has 1 aliphatic heterocycles. The third-order valence-electron chi connectivity index (χ3n) is 7.60. The SMILES string of the molecule is COc1ccc(C(CC(=O)NCCNc2ncccn2)c2c(O)cc3c(c2O)C(=O)OC(C)CCCC(=O)CCCC=C3)cc1. The van der Waals surface area contributed by atoms with E-state index in [-0.39, 0.29) is 47.1 Å². The predicted molar refractivity (Wildman–Crippen MR) is 169 cm³/mol. The fourth-order valence-corrected chi connectivity index (χ4v) is 5.27. The summed E-state index contributed by atoms with van der Waals surface area (Å²) in [5.74, 6) is -1.43. The van der Waals surface area contributed by atoms with Gasteiger partial charge in [0.05, 0.1) is 13.2 Å². The summed E-state index contributed by atoms with van der Waals surface area (Å²) < 4.78 is 11.0. The Morgan fingerprint density at radius 2 is 1.82 bits per heavy atom. The molecule has 11 heteroatoms. The second kappa shape index (κ2) is 16.2. The van der Waals surface area contributed by atoms with Crippen molar-refractivity contribution in [2.24, 2.45) is 0 Å². The van der Waals surface area contributed by atoms with Crippen molar-refractivity contribution in [1.82, 2.24) is 15.3 Å². The molecule has 1 amide bonds. The van der Waals surface area contributed by atoms with Crippen LogP contribution in [0.25, 0.3) is 6.08 Å². The summed E-state index contributed by atoms with van der Waals surface area (Å²) in [6.07, 6.45) is 9.23. The van der Waals surface area contributed by atoms with E-state index in [0.717, 1.165) is 0 Å². The average Bonchev–Trinajstić information content (AvgIpc) is 3.02. The molecule has 238 valence electrons. The topological polar surface area (TPSA) is 160 Å². The number of benzene rings is 2. The Morgan fingerprint density at radius 1 is 1.09 bits per heavy atom. The molecule has 0 aliphatic carbocycles. The maximum Gasteiger partial charge on any atom is 0.342 e. The van der Waals surface area contributed by atoms with Crippen LogP contribution in [0.3, 0.4) is 0 Å². The normalized spacial score (nSPS) is 16.5. The number of anilines is 1. The number of carbonyl (C=O) groups excluding carboxylic acids is 3. The number of phenols is 2. The number of allylic oxidation sites excluding steroid dienone is 1. The van der Waals surface area contributed by atoms with E-state index < -0.39 is 23.7 Å². The van der Waals surface area contributed by atoms with Gasteiger partial charge < -0.3 is 30.3 Å². The minimum absolute atomic E-state index is 0.0367. The zero-order valence-electron chi connectivity index (χ0n) is 25.6. The Kier molecular flexibility index (Phi) is 11.9. The van der Waals surface area contributed by atoms with Crippen LogP contribution in [0.15, 0.2) is 54.9 Å². The zero-order valence-corrected chi connectivity index (χ0v) is 25.6. The lowest BCUT2D eigenvalue weighted by atomic mass is 9.84. The number of phenolic OH excluding ortho intramolecular Hbond substituents is 2. The van der Waals surface area contributed by atoms with Gasteiger partial charge in [-0.15, -0.1) is 0 Å². The van der Waals surface area contributed by atoms with E-state index in [4.69, 9.17) is 9.47 Å². The molecular formula is C34H40N4O7. The van der Waals surface area contributed by atoms with E-state index in [2.05, 4.69) is 20.6 Å². The number of carbonyl (C=O) groups is 3. The lowest BCUT2D eigenvalue weighted by Crippen LogP contribution is -2.30. The number of ether oxygens (including phenoxy) is 2. The molecular weight excluding hydrogens is 576 g/mol. The maximum atomic E-state index is 13.5. The molecule has 4 N–H and O–H groups in total. The zero-order chi connectivity index (χ0) is 32.2. The molecule has 0 saturated carbocycles. The van der Waals surface area contributed by atoms with Crippen LogP contribution < -0.4 is 15.4 Å². The van der Waals surface area contributed by atoms with Crippen molar-refractivity contribution in [2.45, 2.75) is 63.9 Å². The van der Waals surface area contributed by atoms with Crippen molar-refractivity contribution in [3.05, 3.63) is 77.1 Å². The van der Waals surface area contributed by atoms with Gasteiger partial charge in [0.1, 0.15) is 28.6 Å². The number of hydrogen-bond donors (Lipinski definition) is 4. The van der Waals surface area contributed by atoms with Crippen molar-refractivity contribution in [1.29, 1.82) is 0 Å². The van der Waals surface area contributed by atoms with Crippen LogP contribution in [0, 0.1) is 0 Å². The molecule has 2 atom stereocenters. The number of hydrogen-bond acceptors (Lipinski definition) is 10. The Bertz CT molecular complexity index is 1490. The van der Waals surface area contributed by atoms with E-state index in [0.29, 0.717) is 62.3 Å². The number of aromatic nitrogens is 2. The molecule has 11 nitrogen and oxygen atoms in total. The highest BCUT2D eigenvalue weighted by atomic mass is 16.5. The molecule has 2 heterocycles. The van der Waals surface area contributed by atoms with Gasteiger partial charge in [-0.05, 0) is 68.0 Å². The molecule has 0 bridgehead atoms. The number of amides is 1. The molecule has 0 radical (unpaired) electrons. The summed E-state index contributed by atoms with van der Waals surface area (Å²) >= 11 is 0. The maximum absolute atomic E-state index is 13.5. The van der Waals surface area contributed by atoms with Crippen LogP contribution in [-0.2, 0) is 14.3 Å². The smallest absolute Gasteiger partial charge is 0.342 e. The van der Waals surface area contributed by atoms with Crippen LogP contribution in [0.2, 0.25) is 0 Å². The van der Waals surface area contributed by atoms with Crippen LogP contribution in [0.5, 0.6) is 17.2 Å². The summed E-state index contributed by atoms with van der Waals surface area (Å²) in [5, 5.41) is 28.9. The fourth-order valence-electron chi connectivity index (χ4n) is 5.27. The third kappa shape index (κ3) is 9.28. The fraction of sp³-hybridized carbons (Fsp3) is 0.382. The first-order chi connectivity index (χ1) is 21.8. The van der Waals surface area contributed by atoms with Crippen LogP contribution in [0.1, 0.15) is 84.8 Å². The number of nitrogens with one attached hydrogen (secondary N) is 2. The number of ketones is 1. The Balaban J connectivity index is 1.66. The number of fused-ring (bicyclic) bond motifs is 1. The number of cyclic esters (lactones) is 1. The van der Waals surface area contributed by atoms with Crippen molar-refractivity contribution in [3.63, 3.8) is 0 Å². The van der Waals surface area contributed by atoms with Gasteiger partial charge in [-0.25, -0.2) is 14.8 Å². The van der Waals surface area contributed by atoms with E-state index in [9.17, 15) is 24.6 Å². The van der Waals surface area contributed by atoms with E-state index in [1.165, 1.54) is 13.2 Å². The average molecular weight is 617 g/mol. The first kappa shape index (κ1) is 33.0. The highest BCUT2D eigenvalue weighted by molar-refractivity contribution is 5.98. The van der Waals surface area contributed by atoms with Crippen LogP contribution >= 0.6 is 0 Å². The molecule has 2 unspecified atom stereocenters. The highest BCUT2D eigenvalue weighted by Gasteiger charge is 2.31. The van der Waals surface area contributed by atoms with Crippen molar-refractivity contribution in [3.8, 4) is 17.2 Å². The lowest BCUT2D eigenvalue weighted by molar-refractivity contribution is -0.121.